The van der Waals surface area contributed by atoms with Crippen LogP contribution in [0.3, 0.4) is 0 Å². The summed E-state index contributed by atoms with van der Waals surface area (Å²) in [6, 6.07) is 0. The lowest BCUT2D eigenvalue weighted by atomic mass is 9.89. The zero-order valence-electron chi connectivity index (χ0n) is 10.1. The summed E-state index contributed by atoms with van der Waals surface area (Å²) in [6.45, 7) is 10.4. The number of allylic oxidation sites excluding steroid dienone is 2. The van der Waals surface area contributed by atoms with Gasteiger partial charge in [-0.1, -0.05) is 33.8 Å². The molecule has 0 spiro atoms. The van der Waals surface area contributed by atoms with Gasteiger partial charge in [0.1, 0.15) is 0 Å². The van der Waals surface area contributed by atoms with Gasteiger partial charge in [-0.05, 0) is 25.2 Å². The highest BCUT2D eigenvalue weighted by atomic mass is 16.1. The normalized spacial score (nSPS) is 12.8. The molecular formula is C12H23NO. The molecule has 0 saturated carbocycles. The Labute approximate surface area is 87.8 Å². The molecule has 0 unspecified atom stereocenters. The van der Waals surface area contributed by atoms with Crippen molar-refractivity contribution in [3.05, 3.63) is 11.8 Å². The van der Waals surface area contributed by atoms with Gasteiger partial charge >= 0.3 is 0 Å². The molecule has 0 rings (SSSR count). The summed E-state index contributed by atoms with van der Waals surface area (Å²) in [4.78, 5) is 11.3. The van der Waals surface area contributed by atoms with Gasteiger partial charge in [-0.15, -0.1) is 0 Å². The molecule has 82 valence electrons. The van der Waals surface area contributed by atoms with Crippen LogP contribution < -0.4 is 5.32 Å². The summed E-state index contributed by atoms with van der Waals surface area (Å²) in [5, 5.41) is 2.89. The summed E-state index contributed by atoms with van der Waals surface area (Å²) in [5.41, 5.74) is 1.14. The van der Waals surface area contributed by atoms with Crippen LogP contribution in [0.1, 0.15) is 53.9 Å². The van der Waals surface area contributed by atoms with Gasteiger partial charge in [0.25, 0.3) is 0 Å². The SMILES string of the molecule is CCCC(=O)N/C(C)=C/C(C)(C)CC. The van der Waals surface area contributed by atoms with E-state index in [0.717, 1.165) is 18.5 Å². The molecule has 1 N–H and O–H groups in total. The number of carbonyl (C=O) groups is 1. The van der Waals surface area contributed by atoms with E-state index < -0.39 is 0 Å². The van der Waals surface area contributed by atoms with Crippen LogP contribution in [0.15, 0.2) is 11.8 Å². The Morgan fingerprint density at radius 2 is 1.93 bits per heavy atom. The van der Waals surface area contributed by atoms with Gasteiger partial charge in [0.15, 0.2) is 0 Å². The molecule has 0 atom stereocenters. The van der Waals surface area contributed by atoms with Crippen LogP contribution in [0, 0.1) is 5.41 Å². The van der Waals surface area contributed by atoms with Crippen LogP contribution in [-0.4, -0.2) is 5.91 Å². The molecule has 0 aliphatic rings. The van der Waals surface area contributed by atoms with Crippen molar-refractivity contribution in [1.29, 1.82) is 0 Å². The lowest BCUT2D eigenvalue weighted by Crippen LogP contribution is -2.22. The van der Waals surface area contributed by atoms with Crippen molar-refractivity contribution in [2.75, 3.05) is 0 Å². The fraction of sp³-hybridized carbons (Fsp3) is 0.750. The van der Waals surface area contributed by atoms with E-state index in [1.54, 1.807) is 0 Å². The first-order chi connectivity index (χ1) is 6.41. The van der Waals surface area contributed by atoms with Crippen LogP contribution in [0.25, 0.3) is 0 Å². The van der Waals surface area contributed by atoms with E-state index >= 15 is 0 Å². The summed E-state index contributed by atoms with van der Waals surface area (Å²) >= 11 is 0. The van der Waals surface area contributed by atoms with Gasteiger partial charge in [-0.3, -0.25) is 4.79 Å². The van der Waals surface area contributed by atoms with E-state index in [9.17, 15) is 4.79 Å². The lowest BCUT2D eigenvalue weighted by molar-refractivity contribution is -0.120. The Bertz CT molecular complexity index is 216. The Morgan fingerprint density at radius 1 is 1.36 bits per heavy atom. The van der Waals surface area contributed by atoms with Gasteiger partial charge in [0.05, 0.1) is 0 Å². The quantitative estimate of drug-likeness (QED) is 0.720. The third-order valence-electron chi connectivity index (χ3n) is 2.33. The first-order valence-electron chi connectivity index (χ1n) is 5.40. The largest absolute Gasteiger partial charge is 0.330 e. The highest BCUT2D eigenvalue weighted by molar-refractivity contribution is 5.77. The van der Waals surface area contributed by atoms with Crippen molar-refractivity contribution >= 4 is 5.91 Å². The molecule has 0 aromatic carbocycles. The van der Waals surface area contributed by atoms with E-state index in [0.29, 0.717) is 6.42 Å². The molecule has 1 amide bonds. The second-order valence-electron chi connectivity index (χ2n) is 4.47. The summed E-state index contributed by atoms with van der Waals surface area (Å²) in [7, 11) is 0. The first kappa shape index (κ1) is 13.2. The molecule has 0 aliphatic carbocycles. The smallest absolute Gasteiger partial charge is 0.224 e. The van der Waals surface area contributed by atoms with Crippen LogP contribution in [0.2, 0.25) is 0 Å². The van der Waals surface area contributed by atoms with Crippen LogP contribution in [0.4, 0.5) is 0 Å². The third-order valence-corrected chi connectivity index (χ3v) is 2.33. The van der Waals surface area contributed by atoms with E-state index in [2.05, 4.69) is 32.2 Å². The Kier molecular flexibility index (Phi) is 5.51. The monoisotopic (exact) mass is 197 g/mol. The Hall–Kier alpha value is -0.790. The zero-order valence-corrected chi connectivity index (χ0v) is 10.1. The van der Waals surface area contributed by atoms with Crippen molar-refractivity contribution < 1.29 is 4.79 Å². The predicted octanol–water partition coefficient (Wildman–Crippen LogP) is 3.24. The van der Waals surface area contributed by atoms with Crippen LogP contribution >= 0.6 is 0 Å². The van der Waals surface area contributed by atoms with Crippen molar-refractivity contribution in [2.45, 2.75) is 53.9 Å². The zero-order chi connectivity index (χ0) is 11.2. The van der Waals surface area contributed by atoms with E-state index in [1.807, 2.05) is 13.8 Å². The predicted molar refractivity (Wildman–Crippen MR) is 60.9 cm³/mol. The highest BCUT2D eigenvalue weighted by Gasteiger charge is 2.12. The molecule has 0 aliphatic heterocycles. The maximum Gasteiger partial charge on any atom is 0.224 e. The molecule has 0 saturated heterocycles. The molecule has 0 aromatic heterocycles. The molecule has 2 nitrogen and oxygen atoms in total. The maximum absolute atomic E-state index is 11.3. The number of amides is 1. The summed E-state index contributed by atoms with van der Waals surface area (Å²) < 4.78 is 0. The van der Waals surface area contributed by atoms with Crippen molar-refractivity contribution in [3.63, 3.8) is 0 Å². The molecule has 0 radical (unpaired) electrons. The fourth-order valence-corrected chi connectivity index (χ4v) is 1.23. The van der Waals surface area contributed by atoms with Gasteiger partial charge in [0.2, 0.25) is 5.91 Å². The number of rotatable bonds is 5. The van der Waals surface area contributed by atoms with Crippen molar-refractivity contribution in [2.24, 2.45) is 5.41 Å². The first-order valence-corrected chi connectivity index (χ1v) is 5.40. The number of nitrogens with one attached hydrogen (secondary N) is 1. The van der Waals surface area contributed by atoms with E-state index in [-0.39, 0.29) is 11.3 Å². The van der Waals surface area contributed by atoms with Crippen molar-refractivity contribution in [3.8, 4) is 0 Å². The lowest BCUT2D eigenvalue weighted by Gasteiger charge is -2.19. The molecular weight excluding hydrogens is 174 g/mol. The second-order valence-corrected chi connectivity index (χ2v) is 4.47. The molecule has 14 heavy (non-hydrogen) atoms. The van der Waals surface area contributed by atoms with Gasteiger partial charge in [-0.2, -0.15) is 0 Å². The molecule has 0 heterocycles. The molecule has 2 heteroatoms. The Morgan fingerprint density at radius 3 is 2.36 bits per heavy atom. The third kappa shape index (κ3) is 5.79. The average Bonchev–Trinajstić information content (AvgIpc) is 2.03. The minimum atomic E-state index is 0.119. The van der Waals surface area contributed by atoms with Crippen LogP contribution in [0.5, 0.6) is 0 Å². The standard InChI is InChI=1S/C12H23NO/c1-6-8-11(14)13-10(3)9-12(4,5)7-2/h9H,6-8H2,1-5H3,(H,13,14)/b10-9+. The van der Waals surface area contributed by atoms with Crippen molar-refractivity contribution in [1.82, 2.24) is 5.32 Å². The Balaban J connectivity index is 4.19. The number of hydrogen-bond acceptors (Lipinski definition) is 1. The van der Waals surface area contributed by atoms with Gasteiger partial charge in [-0.25, -0.2) is 0 Å². The van der Waals surface area contributed by atoms with E-state index in [4.69, 9.17) is 0 Å². The minimum Gasteiger partial charge on any atom is -0.330 e. The summed E-state index contributed by atoms with van der Waals surface area (Å²) in [5.74, 6) is 0.119. The second kappa shape index (κ2) is 5.84. The molecule has 0 bridgehead atoms. The van der Waals surface area contributed by atoms with Gasteiger partial charge in [0, 0.05) is 12.1 Å². The van der Waals surface area contributed by atoms with Gasteiger partial charge < -0.3 is 5.32 Å². The summed E-state index contributed by atoms with van der Waals surface area (Å²) in [6.07, 6.45) is 4.71. The highest BCUT2D eigenvalue weighted by Crippen LogP contribution is 2.22. The maximum atomic E-state index is 11.3. The van der Waals surface area contributed by atoms with Crippen LogP contribution in [-0.2, 0) is 4.79 Å². The average molecular weight is 197 g/mol. The number of carbonyl (C=O) groups excluding carboxylic acids is 1. The number of hydrogen-bond donors (Lipinski definition) is 1. The van der Waals surface area contributed by atoms with E-state index in [1.165, 1.54) is 0 Å². The molecule has 0 aromatic rings. The topological polar surface area (TPSA) is 29.1 Å². The fourth-order valence-electron chi connectivity index (χ4n) is 1.23. The minimum absolute atomic E-state index is 0.119. The molecule has 0 fully saturated rings.